The highest BCUT2D eigenvalue weighted by Crippen LogP contribution is 2.22. The Morgan fingerprint density at radius 2 is 1.96 bits per heavy atom. The number of hydrogen-bond donors (Lipinski definition) is 2. The van der Waals surface area contributed by atoms with Gasteiger partial charge in [0.1, 0.15) is 10.8 Å². The summed E-state index contributed by atoms with van der Waals surface area (Å²) in [4.78, 5) is 25.1. The molecule has 0 bridgehead atoms. The summed E-state index contributed by atoms with van der Waals surface area (Å²) in [6, 6.07) is 7.85. The van der Waals surface area contributed by atoms with Crippen LogP contribution in [-0.2, 0) is 11.3 Å². The summed E-state index contributed by atoms with van der Waals surface area (Å²) in [5.41, 5.74) is 6.53. The van der Waals surface area contributed by atoms with Crippen LogP contribution in [0, 0.1) is 5.82 Å². The summed E-state index contributed by atoms with van der Waals surface area (Å²) in [6.07, 6.45) is 0.286. The molecule has 2 amide bonds. The minimum atomic E-state index is -0.560. The lowest BCUT2D eigenvalue weighted by Crippen LogP contribution is -2.24. The molecule has 0 aliphatic heterocycles. The van der Waals surface area contributed by atoms with Gasteiger partial charge in [-0.2, -0.15) is 0 Å². The monoisotopic (exact) mass is 335 g/mol. The molecule has 23 heavy (non-hydrogen) atoms. The molecular weight excluding hydrogens is 317 g/mol. The van der Waals surface area contributed by atoms with Gasteiger partial charge in [0.05, 0.1) is 5.56 Å². The van der Waals surface area contributed by atoms with Gasteiger partial charge in [-0.3, -0.25) is 9.59 Å². The molecule has 0 unspecified atom stereocenters. The molecule has 0 atom stereocenters. The maximum absolute atomic E-state index is 12.8. The third-order valence-electron chi connectivity index (χ3n) is 3.27. The van der Waals surface area contributed by atoms with Crippen molar-refractivity contribution in [3.8, 4) is 0 Å². The molecule has 0 aliphatic rings. The van der Waals surface area contributed by atoms with Crippen LogP contribution in [0.3, 0.4) is 0 Å². The molecule has 1 aromatic heterocycles. The van der Waals surface area contributed by atoms with Gasteiger partial charge < -0.3 is 16.0 Å². The Morgan fingerprint density at radius 1 is 1.26 bits per heavy atom. The Kier molecular flexibility index (Phi) is 5.84. The molecule has 1 aromatic carbocycles. The highest BCUT2D eigenvalue weighted by molar-refractivity contribution is 7.14. The summed E-state index contributed by atoms with van der Waals surface area (Å²) in [5, 5.41) is 4.88. The Bertz CT molecular complexity index is 685. The number of rotatable bonds is 7. The number of nitrogens with zero attached hydrogens (tertiary/aromatic N) is 1. The number of thiophene rings is 1. The van der Waals surface area contributed by atoms with Crippen molar-refractivity contribution in [1.29, 1.82) is 0 Å². The average Bonchev–Trinajstić information content (AvgIpc) is 2.96. The highest BCUT2D eigenvalue weighted by Gasteiger charge is 2.13. The zero-order valence-corrected chi connectivity index (χ0v) is 13.5. The van der Waals surface area contributed by atoms with Gasteiger partial charge >= 0.3 is 0 Å². The number of hydrogen-bond acceptors (Lipinski definition) is 4. The topological polar surface area (TPSA) is 75.4 Å². The first kappa shape index (κ1) is 17.1. The van der Waals surface area contributed by atoms with Crippen LogP contribution in [0.2, 0.25) is 0 Å². The third-order valence-corrected chi connectivity index (χ3v) is 4.10. The fourth-order valence-corrected chi connectivity index (χ4v) is 2.87. The van der Waals surface area contributed by atoms with E-state index in [9.17, 15) is 14.0 Å². The van der Waals surface area contributed by atoms with Gasteiger partial charge in [0, 0.05) is 19.5 Å². The van der Waals surface area contributed by atoms with Crippen LogP contribution in [0.15, 0.2) is 35.7 Å². The van der Waals surface area contributed by atoms with Crippen LogP contribution in [0.1, 0.15) is 22.3 Å². The number of nitrogens with two attached hydrogens (primary N) is 1. The van der Waals surface area contributed by atoms with Gasteiger partial charge in [-0.05, 0) is 36.2 Å². The van der Waals surface area contributed by atoms with Crippen LogP contribution >= 0.6 is 11.3 Å². The summed E-state index contributed by atoms with van der Waals surface area (Å²) in [6.45, 7) is 1.17. The Balaban J connectivity index is 1.80. The number of anilines is 1. The van der Waals surface area contributed by atoms with Gasteiger partial charge in [0.2, 0.25) is 5.91 Å². The number of carbonyl (C=O) groups is 2. The van der Waals surface area contributed by atoms with Gasteiger partial charge in [0.25, 0.3) is 5.91 Å². The van der Waals surface area contributed by atoms with Crippen LogP contribution in [0.5, 0.6) is 0 Å². The summed E-state index contributed by atoms with van der Waals surface area (Å²) in [7, 11) is 1.89. The van der Waals surface area contributed by atoms with Crippen LogP contribution in [0.25, 0.3) is 0 Å². The normalized spacial score (nSPS) is 10.7. The first-order valence-electron chi connectivity index (χ1n) is 7.06. The number of primary amides is 1. The lowest BCUT2D eigenvalue weighted by atomic mass is 10.2. The number of benzene rings is 1. The van der Waals surface area contributed by atoms with E-state index in [4.69, 9.17) is 5.73 Å². The van der Waals surface area contributed by atoms with E-state index in [1.54, 1.807) is 23.6 Å². The maximum Gasteiger partial charge on any atom is 0.251 e. The Hall–Kier alpha value is -2.25. The molecular formula is C16H18FN3O2S. The van der Waals surface area contributed by atoms with Crippen molar-refractivity contribution in [2.24, 2.45) is 5.73 Å². The zero-order chi connectivity index (χ0) is 16.8. The van der Waals surface area contributed by atoms with Gasteiger partial charge in [-0.25, -0.2) is 4.39 Å². The van der Waals surface area contributed by atoms with E-state index in [1.165, 1.54) is 23.5 Å². The predicted octanol–water partition coefficient (Wildman–Crippen LogP) is 2.45. The SMILES string of the molecule is CN(CCC(=O)Nc1sccc1C(N)=O)Cc1ccc(F)cc1. The predicted molar refractivity (Wildman–Crippen MR) is 88.8 cm³/mol. The number of amides is 2. The van der Waals surface area contributed by atoms with Crippen LogP contribution in [0.4, 0.5) is 9.39 Å². The van der Waals surface area contributed by atoms with Crippen molar-refractivity contribution >= 4 is 28.2 Å². The van der Waals surface area contributed by atoms with Crippen LogP contribution < -0.4 is 11.1 Å². The molecule has 122 valence electrons. The third kappa shape index (κ3) is 5.15. The second kappa shape index (κ2) is 7.85. The molecule has 3 N–H and O–H groups in total. The molecule has 0 saturated carbocycles. The molecule has 0 saturated heterocycles. The van der Waals surface area contributed by atoms with Crippen molar-refractivity contribution in [3.05, 3.63) is 52.7 Å². The fraction of sp³-hybridized carbons (Fsp3) is 0.250. The van der Waals surface area contributed by atoms with Gasteiger partial charge in [0.15, 0.2) is 0 Å². The summed E-state index contributed by atoms with van der Waals surface area (Å²) >= 11 is 1.26. The fourth-order valence-electron chi connectivity index (χ4n) is 2.06. The standard InChI is InChI=1S/C16H18FN3O2S/c1-20(10-11-2-4-12(17)5-3-11)8-6-14(21)19-16-13(15(18)22)7-9-23-16/h2-5,7,9H,6,8,10H2,1H3,(H2,18,22)(H,19,21). The Labute approximate surface area is 137 Å². The van der Waals surface area contributed by atoms with Crippen molar-refractivity contribution < 1.29 is 14.0 Å². The molecule has 2 rings (SSSR count). The largest absolute Gasteiger partial charge is 0.366 e. The molecule has 2 aromatic rings. The quantitative estimate of drug-likeness (QED) is 0.816. The van der Waals surface area contributed by atoms with Crippen LogP contribution in [-0.4, -0.2) is 30.3 Å². The van der Waals surface area contributed by atoms with E-state index in [1.807, 2.05) is 11.9 Å². The lowest BCUT2D eigenvalue weighted by molar-refractivity contribution is -0.116. The lowest BCUT2D eigenvalue weighted by Gasteiger charge is -2.16. The number of nitrogens with one attached hydrogen (secondary N) is 1. The van der Waals surface area contributed by atoms with Crippen molar-refractivity contribution in [3.63, 3.8) is 0 Å². The minimum Gasteiger partial charge on any atom is -0.366 e. The second-order valence-corrected chi connectivity index (χ2v) is 6.11. The first-order valence-corrected chi connectivity index (χ1v) is 7.94. The van der Waals surface area contributed by atoms with E-state index in [0.29, 0.717) is 23.7 Å². The minimum absolute atomic E-state index is 0.180. The molecule has 7 heteroatoms. The average molecular weight is 335 g/mol. The number of carbonyl (C=O) groups excluding carboxylic acids is 2. The van der Waals surface area contributed by atoms with E-state index >= 15 is 0 Å². The molecule has 0 radical (unpaired) electrons. The van der Waals surface area contributed by atoms with E-state index in [0.717, 1.165) is 5.56 Å². The van der Waals surface area contributed by atoms with Gasteiger partial charge in [-0.15, -0.1) is 11.3 Å². The van der Waals surface area contributed by atoms with E-state index < -0.39 is 5.91 Å². The van der Waals surface area contributed by atoms with E-state index in [-0.39, 0.29) is 18.1 Å². The number of halogens is 1. The van der Waals surface area contributed by atoms with Crippen molar-refractivity contribution in [2.45, 2.75) is 13.0 Å². The maximum atomic E-state index is 12.8. The first-order chi connectivity index (χ1) is 11.0. The molecule has 0 spiro atoms. The van der Waals surface area contributed by atoms with Crippen molar-refractivity contribution in [2.75, 3.05) is 18.9 Å². The molecule has 5 nitrogen and oxygen atoms in total. The van der Waals surface area contributed by atoms with Crippen molar-refractivity contribution in [1.82, 2.24) is 4.90 Å². The highest BCUT2D eigenvalue weighted by atomic mass is 32.1. The smallest absolute Gasteiger partial charge is 0.251 e. The summed E-state index contributed by atoms with van der Waals surface area (Å²) in [5.74, 6) is -1.01. The van der Waals surface area contributed by atoms with Gasteiger partial charge in [-0.1, -0.05) is 12.1 Å². The molecule has 0 fully saturated rings. The Morgan fingerprint density at radius 3 is 2.61 bits per heavy atom. The van der Waals surface area contributed by atoms with E-state index in [2.05, 4.69) is 5.32 Å². The zero-order valence-electron chi connectivity index (χ0n) is 12.7. The molecule has 0 aliphatic carbocycles. The second-order valence-electron chi connectivity index (χ2n) is 5.19. The molecule has 1 heterocycles. The summed E-state index contributed by atoms with van der Waals surface area (Å²) < 4.78 is 12.8.